The van der Waals surface area contributed by atoms with Gasteiger partial charge in [0.25, 0.3) is 5.95 Å². The lowest BCUT2D eigenvalue weighted by molar-refractivity contribution is 0.153. The predicted octanol–water partition coefficient (Wildman–Crippen LogP) is 1.75. The molecule has 1 aliphatic rings. The quantitative estimate of drug-likeness (QED) is 0.715. The molecule has 4 heterocycles. The SMILES string of the molecule is C1=C(CCNc2ncnc3c2cnn3-c2ncccn2)CCOC1. The first-order valence-electron chi connectivity index (χ1n) is 7.87. The van der Waals surface area contributed by atoms with Crippen molar-refractivity contribution in [3.63, 3.8) is 0 Å². The van der Waals surface area contributed by atoms with Gasteiger partial charge in [-0.05, 0) is 18.9 Å². The molecule has 4 rings (SSSR count). The number of fused-ring (bicyclic) bond motifs is 1. The van der Waals surface area contributed by atoms with Gasteiger partial charge in [0.2, 0.25) is 0 Å². The molecule has 122 valence electrons. The van der Waals surface area contributed by atoms with Gasteiger partial charge in [-0.1, -0.05) is 11.6 Å². The maximum atomic E-state index is 5.33. The summed E-state index contributed by atoms with van der Waals surface area (Å²) in [5, 5.41) is 8.57. The normalized spacial score (nSPS) is 14.6. The van der Waals surface area contributed by atoms with Crippen molar-refractivity contribution in [1.29, 1.82) is 0 Å². The van der Waals surface area contributed by atoms with Crippen LogP contribution in [0.1, 0.15) is 12.8 Å². The topological polar surface area (TPSA) is 90.6 Å². The van der Waals surface area contributed by atoms with E-state index in [0.717, 1.165) is 43.8 Å². The van der Waals surface area contributed by atoms with Gasteiger partial charge in [0.05, 0.1) is 24.8 Å². The first-order chi connectivity index (χ1) is 11.9. The maximum Gasteiger partial charge on any atom is 0.252 e. The van der Waals surface area contributed by atoms with E-state index in [-0.39, 0.29) is 0 Å². The fourth-order valence-corrected chi connectivity index (χ4v) is 2.67. The van der Waals surface area contributed by atoms with Crippen molar-refractivity contribution >= 4 is 16.9 Å². The van der Waals surface area contributed by atoms with E-state index in [1.54, 1.807) is 29.3 Å². The molecule has 0 fully saturated rings. The molecule has 0 spiro atoms. The van der Waals surface area contributed by atoms with Gasteiger partial charge in [0.15, 0.2) is 5.65 Å². The molecule has 0 radical (unpaired) electrons. The summed E-state index contributed by atoms with van der Waals surface area (Å²) < 4.78 is 6.94. The predicted molar refractivity (Wildman–Crippen MR) is 88.9 cm³/mol. The molecule has 3 aromatic heterocycles. The van der Waals surface area contributed by atoms with Gasteiger partial charge in [-0.2, -0.15) is 9.78 Å². The molecule has 3 aromatic rings. The second-order valence-electron chi connectivity index (χ2n) is 5.43. The zero-order valence-electron chi connectivity index (χ0n) is 13.1. The first-order valence-corrected chi connectivity index (χ1v) is 7.87. The lowest BCUT2D eigenvalue weighted by Gasteiger charge is -2.14. The highest BCUT2D eigenvalue weighted by Crippen LogP contribution is 2.20. The molecule has 0 amide bonds. The fourth-order valence-electron chi connectivity index (χ4n) is 2.67. The minimum absolute atomic E-state index is 0.490. The van der Waals surface area contributed by atoms with Gasteiger partial charge in [0.1, 0.15) is 12.1 Å². The summed E-state index contributed by atoms with van der Waals surface area (Å²) in [7, 11) is 0. The van der Waals surface area contributed by atoms with Crippen molar-refractivity contribution < 1.29 is 4.74 Å². The third kappa shape index (κ3) is 2.95. The van der Waals surface area contributed by atoms with Crippen molar-refractivity contribution in [3.8, 4) is 5.95 Å². The highest BCUT2D eigenvalue weighted by molar-refractivity contribution is 5.86. The number of aromatic nitrogens is 6. The molecule has 0 saturated carbocycles. The highest BCUT2D eigenvalue weighted by atomic mass is 16.5. The number of rotatable bonds is 5. The first kappa shape index (κ1) is 14.7. The van der Waals surface area contributed by atoms with Crippen LogP contribution in [0.15, 0.2) is 42.6 Å². The van der Waals surface area contributed by atoms with Crippen LogP contribution in [0.25, 0.3) is 17.0 Å². The number of hydrogen-bond donors (Lipinski definition) is 1. The molecule has 0 aliphatic carbocycles. The van der Waals surface area contributed by atoms with Gasteiger partial charge in [-0.25, -0.2) is 19.9 Å². The van der Waals surface area contributed by atoms with Crippen molar-refractivity contribution in [2.45, 2.75) is 12.8 Å². The van der Waals surface area contributed by atoms with Crippen LogP contribution in [-0.4, -0.2) is 49.5 Å². The van der Waals surface area contributed by atoms with E-state index in [2.05, 4.69) is 36.4 Å². The van der Waals surface area contributed by atoms with Gasteiger partial charge >= 0.3 is 0 Å². The summed E-state index contributed by atoms with van der Waals surface area (Å²) >= 11 is 0. The molecule has 1 aliphatic heterocycles. The number of ether oxygens (including phenoxy) is 1. The summed E-state index contributed by atoms with van der Waals surface area (Å²) in [4.78, 5) is 17.1. The standard InChI is InChI=1S/C16H17N7O/c1-5-18-16(19-6-1)23-15-13(10-22-23)14(20-11-21-15)17-7-2-12-3-8-24-9-4-12/h1,3,5-6,10-11H,2,4,7-9H2,(H,17,20,21). The lowest BCUT2D eigenvalue weighted by Crippen LogP contribution is -2.10. The Morgan fingerprint density at radius 1 is 1.17 bits per heavy atom. The fraction of sp³-hybridized carbons (Fsp3) is 0.312. The molecular formula is C16H17N7O. The summed E-state index contributed by atoms with van der Waals surface area (Å²) in [5.74, 6) is 1.26. The monoisotopic (exact) mass is 323 g/mol. The maximum absolute atomic E-state index is 5.33. The Kier molecular flexibility index (Phi) is 4.11. The Bertz CT molecular complexity index is 859. The molecule has 0 aromatic carbocycles. The van der Waals surface area contributed by atoms with Crippen molar-refractivity contribution in [3.05, 3.63) is 42.6 Å². The van der Waals surface area contributed by atoms with Crippen LogP contribution < -0.4 is 5.32 Å². The lowest BCUT2D eigenvalue weighted by atomic mass is 10.1. The minimum Gasteiger partial charge on any atom is -0.377 e. The largest absolute Gasteiger partial charge is 0.377 e. The molecular weight excluding hydrogens is 306 g/mol. The van der Waals surface area contributed by atoms with E-state index in [4.69, 9.17) is 4.74 Å². The molecule has 8 nitrogen and oxygen atoms in total. The van der Waals surface area contributed by atoms with Crippen LogP contribution in [-0.2, 0) is 4.74 Å². The highest BCUT2D eigenvalue weighted by Gasteiger charge is 2.12. The van der Waals surface area contributed by atoms with Crippen molar-refractivity contribution in [2.24, 2.45) is 0 Å². The van der Waals surface area contributed by atoms with Crippen LogP contribution in [0.2, 0.25) is 0 Å². The van der Waals surface area contributed by atoms with Crippen LogP contribution in [0, 0.1) is 0 Å². The molecule has 0 bridgehead atoms. The summed E-state index contributed by atoms with van der Waals surface area (Å²) in [5.41, 5.74) is 2.11. The number of nitrogens with one attached hydrogen (secondary N) is 1. The van der Waals surface area contributed by atoms with Gasteiger partial charge in [-0.15, -0.1) is 0 Å². The van der Waals surface area contributed by atoms with Crippen LogP contribution >= 0.6 is 0 Å². The Morgan fingerprint density at radius 2 is 2.08 bits per heavy atom. The average Bonchev–Trinajstić information content (AvgIpc) is 3.08. The third-order valence-electron chi connectivity index (χ3n) is 3.90. The van der Waals surface area contributed by atoms with Gasteiger partial charge in [0, 0.05) is 18.9 Å². The van der Waals surface area contributed by atoms with Gasteiger partial charge in [-0.3, -0.25) is 0 Å². The van der Waals surface area contributed by atoms with Crippen molar-refractivity contribution in [1.82, 2.24) is 29.7 Å². The minimum atomic E-state index is 0.490. The molecule has 1 N–H and O–H groups in total. The molecule has 0 atom stereocenters. The second kappa shape index (κ2) is 6.71. The van der Waals surface area contributed by atoms with E-state index in [9.17, 15) is 0 Å². The van der Waals surface area contributed by atoms with Crippen LogP contribution in [0.5, 0.6) is 0 Å². The summed E-state index contributed by atoms with van der Waals surface area (Å²) in [6, 6.07) is 1.77. The second-order valence-corrected chi connectivity index (χ2v) is 5.43. The third-order valence-corrected chi connectivity index (χ3v) is 3.90. The smallest absolute Gasteiger partial charge is 0.252 e. The Morgan fingerprint density at radius 3 is 2.92 bits per heavy atom. The number of hydrogen-bond acceptors (Lipinski definition) is 7. The zero-order chi connectivity index (χ0) is 16.2. The van der Waals surface area contributed by atoms with Crippen molar-refractivity contribution in [2.75, 3.05) is 25.1 Å². The molecule has 0 saturated heterocycles. The van der Waals surface area contributed by atoms with E-state index in [0.29, 0.717) is 11.6 Å². The summed E-state index contributed by atoms with van der Waals surface area (Å²) in [6.45, 7) is 2.34. The van der Waals surface area contributed by atoms with E-state index in [1.807, 2.05) is 0 Å². The molecule has 0 unspecified atom stereocenters. The summed E-state index contributed by atoms with van der Waals surface area (Å²) in [6.07, 6.45) is 10.8. The number of anilines is 1. The van der Waals surface area contributed by atoms with Crippen LogP contribution in [0.4, 0.5) is 5.82 Å². The Labute approximate surface area is 138 Å². The zero-order valence-corrected chi connectivity index (χ0v) is 13.1. The Hall–Kier alpha value is -2.87. The Balaban J connectivity index is 1.54. The van der Waals surface area contributed by atoms with E-state index in [1.165, 1.54) is 11.9 Å². The average molecular weight is 323 g/mol. The van der Waals surface area contributed by atoms with Gasteiger partial charge < -0.3 is 10.1 Å². The van der Waals surface area contributed by atoms with E-state index < -0.39 is 0 Å². The van der Waals surface area contributed by atoms with E-state index >= 15 is 0 Å². The number of nitrogens with zero attached hydrogens (tertiary/aromatic N) is 6. The van der Waals surface area contributed by atoms with Crippen LogP contribution in [0.3, 0.4) is 0 Å². The molecule has 24 heavy (non-hydrogen) atoms. The molecule has 8 heteroatoms.